The van der Waals surface area contributed by atoms with E-state index in [4.69, 9.17) is 0 Å². The van der Waals surface area contributed by atoms with Crippen molar-refractivity contribution >= 4 is 29.9 Å². The number of hydrogen-bond donors (Lipinski definition) is 3. The van der Waals surface area contributed by atoms with Crippen molar-refractivity contribution in [2.24, 2.45) is 4.99 Å². The molecule has 0 amide bonds. The first-order chi connectivity index (χ1) is 10.8. The number of aliphatic imine (C=N–C) groups is 1. The third kappa shape index (κ3) is 6.88. The summed E-state index contributed by atoms with van der Waals surface area (Å²) in [6.07, 6.45) is 1.23. The molecule has 1 atom stereocenters. The molecule has 1 aromatic rings. The molecule has 1 aromatic carbocycles. The Morgan fingerprint density at radius 2 is 1.83 bits per heavy atom. The van der Waals surface area contributed by atoms with Gasteiger partial charge in [-0.3, -0.25) is 4.99 Å². The van der Waals surface area contributed by atoms with Crippen LogP contribution in [0.15, 0.2) is 23.2 Å². The van der Waals surface area contributed by atoms with E-state index in [1.807, 2.05) is 27.7 Å². The second-order valence-corrected chi connectivity index (χ2v) is 5.67. The van der Waals surface area contributed by atoms with Crippen molar-refractivity contribution in [2.45, 2.75) is 52.2 Å². The van der Waals surface area contributed by atoms with Crippen LogP contribution in [-0.2, 0) is 0 Å². The van der Waals surface area contributed by atoms with Crippen LogP contribution in [0.3, 0.4) is 0 Å². The number of halogens is 3. The van der Waals surface area contributed by atoms with Gasteiger partial charge in [0, 0.05) is 6.54 Å². The van der Waals surface area contributed by atoms with Crippen LogP contribution in [0.4, 0.5) is 8.78 Å². The van der Waals surface area contributed by atoms with E-state index in [2.05, 4.69) is 15.6 Å². The average molecular weight is 455 g/mol. The van der Waals surface area contributed by atoms with E-state index < -0.39 is 17.2 Å². The van der Waals surface area contributed by atoms with Gasteiger partial charge in [-0.2, -0.15) is 0 Å². The summed E-state index contributed by atoms with van der Waals surface area (Å²) < 4.78 is 26.4. The molecule has 3 N–H and O–H groups in total. The van der Waals surface area contributed by atoms with Crippen molar-refractivity contribution in [3.8, 4) is 0 Å². The van der Waals surface area contributed by atoms with Gasteiger partial charge in [0.1, 0.15) is 0 Å². The van der Waals surface area contributed by atoms with Crippen LogP contribution in [-0.4, -0.2) is 29.8 Å². The number of rotatable bonds is 7. The number of nitrogens with zero attached hydrogens (tertiary/aromatic N) is 1. The Balaban J connectivity index is 0.00000529. The second-order valence-electron chi connectivity index (χ2n) is 5.67. The molecular weight excluding hydrogens is 427 g/mol. The molecule has 0 fully saturated rings. The molecule has 0 spiro atoms. The first kappa shape index (κ1) is 23.0. The van der Waals surface area contributed by atoms with E-state index in [1.165, 1.54) is 12.1 Å². The molecule has 0 aromatic heterocycles. The zero-order valence-corrected chi connectivity index (χ0v) is 17.0. The monoisotopic (exact) mass is 455 g/mol. The van der Waals surface area contributed by atoms with Crippen molar-refractivity contribution in [1.29, 1.82) is 0 Å². The molecule has 0 radical (unpaired) electrons. The normalized spacial score (nSPS) is 13.2. The molecule has 7 heteroatoms. The van der Waals surface area contributed by atoms with Gasteiger partial charge in [-0.05, 0) is 44.4 Å². The largest absolute Gasteiger partial charge is 0.388 e. The van der Waals surface area contributed by atoms with E-state index in [1.54, 1.807) is 0 Å². The summed E-state index contributed by atoms with van der Waals surface area (Å²) in [6, 6.07) is 3.57. The van der Waals surface area contributed by atoms with Crippen LogP contribution in [0.2, 0.25) is 0 Å². The summed E-state index contributed by atoms with van der Waals surface area (Å²) in [5, 5.41) is 16.5. The minimum absolute atomic E-state index is 0. The van der Waals surface area contributed by atoms with Crippen LogP contribution >= 0.6 is 24.0 Å². The molecule has 138 valence electrons. The maximum absolute atomic E-state index is 13.3. The molecule has 1 unspecified atom stereocenters. The number of nitrogens with one attached hydrogen (secondary N) is 2. The third-order valence-corrected chi connectivity index (χ3v) is 3.99. The van der Waals surface area contributed by atoms with Gasteiger partial charge in [-0.15, -0.1) is 24.0 Å². The Bertz CT molecular complexity index is 537. The van der Waals surface area contributed by atoms with Crippen LogP contribution < -0.4 is 10.6 Å². The molecule has 0 heterocycles. The molecular formula is C17H28F2IN3O. The van der Waals surface area contributed by atoms with Crippen LogP contribution in [0.5, 0.6) is 0 Å². The summed E-state index contributed by atoms with van der Waals surface area (Å²) in [4.78, 5) is 4.41. The van der Waals surface area contributed by atoms with E-state index in [0.29, 0.717) is 30.9 Å². The van der Waals surface area contributed by atoms with Crippen LogP contribution in [0, 0.1) is 11.6 Å². The quantitative estimate of drug-likeness (QED) is 0.334. The third-order valence-electron chi connectivity index (χ3n) is 3.99. The Labute approximate surface area is 160 Å². The fourth-order valence-corrected chi connectivity index (χ4v) is 2.09. The Morgan fingerprint density at radius 1 is 1.21 bits per heavy atom. The highest BCUT2D eigenvalue weighted by atomic mass is 127. The van der Waals surface area contributed by atoms with E-state index in [0.717, 1.165) is 6.07 Å². The van der Waals surface area contributed by atoms with Crippen LogP contribution in [0.25, 0.3) is 0 Å². The van der Waals surface area contributed by atoms with Crippen molar-refractivity contribution < 1.29 is 13.9 Å². The average Bonchev–Trinajstić information content (AvgIpc) is 2.55. The predicted octanol–water partition coefficient (Wildman–Crippen LogP) is 3.75. The SMILES string of the molecule is CCNC(=NCC(O)(CC)CC)NC(C)c1ccc(F)c(F)c1.I. The molecule has 0 aliphatic heterocycles. The van der Waals surface area contributed by atoms with Crippen molar-refractivity contribution in [3.63, 3.8) is 0 Å². The smallest absolute Gasteiger partial charge is 0.191 e. The number of guanidine groups is 1. The first-order valence-electron chi connectivity index (χ1n) is 8.07. The predicted molar refractivity (Wildman–Crippen MR) is 105 cm³/mol. The van der Waals surface area contributed by atoms with Crippen molar-refractivity contribution in [2.75, 3.05) is 13.1 Å². The lowest BCUT2D eigenvalue weighted by Gasteiger charge is -2.24. The number of aliphatic hydroxyl groups is 1. The summed E-state index contributed by atoms with van der Waals surface area (Å²) in [5.41, 5.74) is -0.205. The lowest BCUT2D eigenvalue weighted by Crippen LogP contribution is -2.40. The maximum atomic E-state index is 13.3. The summed E-state index contributed by atoms with van der Waals surface area (Å²) in [5.74, 6) is -1.20. The molecule has 0 aliphatic carbocycles. The highest BCUT2D eigenvalue weighted by Gasteiger charge is 2.22. The van der Waals surface area contributed by atoms with Gasteiger partial charge in [0.25, 0.3) is 0 Å². The minimum Gasteiger partial charge on any atom is -0.388 e. The topological polar surface area (TPSA) is 56.7 Å². The molecule has 0 aliphatic rings. The zero-order valence-electron chi connectivity index (χ0n) is 14.7. The summed E-state index contributed by atoms with van der Waals surface area (Å²) in [7, 11) is 0. The van der Waals surface area contributed by atoms with Gasteiger partial charge < -0.3 is 15.7 Å². The number of hydrogen-bond acceptors (Lipinski definition) is 2. The molecule has 24 heavy (non-hydrogen) atoms. The van der Waals surface area contributed by atoms with Gasteiger partial charge in [-0.1, -0.05) is 19.9 Å². The van der Waals surface area contributed by atoms with Gasteiger partial charge in [0.2, 0.25) is 0 Å². The van der Waals surface area contributed by atoms with Gasteiger partial charge in [-0.25, -0.2) is 8.78 Å². The molecule has 0 saturated heterocycles. The van der Waals surface area contributed by atoms with Gasteiger partial charge in [0.15, 0.2) is 17.6 Å². The fourth-order valence-electron chi connectivity index (χ4n) is 2.09. The van der Waals surface area contributed by atoms with Crippen molar-refractivity contribution in [1.82, 2.24) is 10.6 Å². The Kier molecular flexibility index (Phi) is 10.4. The minimum atomic E-state index is -0.871. The second kappa shape index (κ2) is 10.8. The lowest BCUT2D eigenvalue weighted by molar-refractivity contribution is 0.0418. The Morgan fingerprint density at radius 3 is 2.33 bits per heavy atom. The number of benzene rings is 1. The Hall–Kier alpha value is -0.960. The summed E-state index contributed by atoms with van der Waals surface area (Å²) in [6.45, 7) is 8.55. The molecule has 4 nitrogen and oxygen atoms in total. The maximum Gasteiger partial charge on any atom is 0.191 e. The van der Waals surface area contributed by atoms with E-state index in [-0.39, 0.29) is 36.6 Å². The fraction of sp³-hybridized carbons (Fsp3) is 0.588. The first-order valence-corrected chi connectivity index (χ1v) is 8.07. The highest BCUT2D eigenvalue weighted by Crippen LogP contribution is 2.17. The molecule has 1 rings (SSSR count). The van der Waals surface area contributed by atoms with Gasteiger partial charge in [0.05, 0.1) is 18.2 Å². The van der Waals surface area contributed by atoms with Crippen molar-refractivity contribution in [3.05, 3.63) is 35.4 Å². The molecule has 0 bridgehead atoms. The summed E-state index contributed by atoms with van der Waals surface area (Å²) >= 11 is 0. The van der Waals surface area contributed by atoms with E-state index >= 15 is 0 Å². The standard InChI is InChI=1S/C17H27F2N3O.HI/c1-5-17(23,6-2)11-21-16(20-7-3)22-12(4)13-8-9-14(18)15(19)10-13;/h8-10,12,23H,5-7,11H2,1-4H3,(H2,20,21,22);1H. The zero-order chi connectivity index (χ0) is 17.5. The molecule has 0 saturated carbocycles. The lowest BCUT2D eigenvalue weighted by atomic mass is 9.98. The van der Waals surface area contributed by atoms with Crippen LogP contribution in [0.1, 0.15) is 52.1 Å². The van der Waals surface area contributed by atoms with E-state index in [9.17, 15) is 13.9 Å². The highest BCUT2D eigenvalue weighted by molar-refractivity contribution is 14.0. The van der Waals surface area contributed by atoms with Gasteiger partial charge >= 0.3 is 0 Å².